The highest BCUT2D eigenvalue weighted by atomic mass is 15.2. The summed E-state index contributed by atoms with van der Waals surface area (Å²) < 4.78 is 0. The van der Waals surface area contributed by atoms with Crippen LogP contribution in [-0.4, -0.2) is 24.0 Å². The maximum atomic E-state index is 6.54. The first-order valence-corrected chi connectivity index (χ1v) is 7.96. The van der Waals surface area contributed by atoms with Crippen molar-refractivity contribution in [2.45, 2.75) is 52.6 Å². The average Bonchev–Trinajstić information content (AvgIpc) is 2.44. The van der Waals surface area contributed by atoms with Crippen LogP contribution < -0.4 is 5.73 Å². The fourth-order valence-electron chi connectivity index (χ4n) is 3.38. The maximum Gasteiger partial charge on any atom is 0.0359 e. The molecular formula is C18H30N2. The van der Waals surface area contributed by atoms with E-state index in [-0.39, 0.29) is 11.5 Å². The first-order valence-electron chi connectivity index (χ1n) is 7.96. The van der Waals surface area contributed by atoms with Crippen LogP contribution in [0.3, 0.4) is 0 Å². The van der Waals surface area contributed by atoms with Gasteiger partial charge in [0, 0.05) is 18.6 Å². The minimum absolute atomic E-state index is 0.0900. The van der Waals surface area contributed by atoms with Crippen molar-refractivity contribution < 1.29 is 0 Å². The molecule has 0 saturated carbocycles. The first-order chi connectivity index (χ1) is 9.42. The van der Waals surface area contributed by atoms with E-state index in [1.54, 1.807) is 0 Å². The van der Waals surface area contributed by atoms with Crippen molar-refractivity contribution >= 4 is 0 Å². The van der Waals surface area contributed by atoms with Gasteiger partial charge in [-0.25, -0.2) is 0 Å². The predicted octanol–water partition coefficient (Wildman–Crippen LogP) is 3.83. The molecular weight excluding hydrogens is 244 g/mol. The zero-order valence-electron chi connectivity index (χ0n) is 13.5. The minimum Gasteiger partial charge on any atom is -0.323 e. The molecule has 1 heterocycles. The Bertz CT molecular complexity index is 413. The summed E-state index contributed by atoms with van der Waals surface area (Å²) in [4.78, 5) is 2.64. The van der Waals surface area contributed by atoms with E-state index in [1.165, 1.54) is 24.9 Å². The molecule has 2 heteroatoms. The topological polar surface area (TPSA) is 29.3 Å². The maximum absolute atomic E-state index is 6.54. The molecule has 112 valence electrons. The Morgan fingerprint density at radius 1 is 1.25 bits per heavy atom. The third-order valence-corrected chi connectivity index (χ3v) is 5.12. The summed E-state index contributed by atoms with van der Waals surface area (Å²) in [5, 5.41) is 0. The van der Waals surface area contributed by atoms with Gasteiger partial charge in [0.2, 0.25) is 0 Å². The molecule has 1 aliphatic heterocycles. The van der Waals surface area contributed by atoms with Crippen LogP contribution >= 0.6 is 0 Å². The van der Waals surface area contributed by atoms with Gasteiger partial charge in [0.15, 0.2) is 0 Å². The van der Waals surface area contributed by atoms with Crippen LogP contribution in [-0.2, 0) is 0 Å². The summed E-state index contributed by atoms with van der Waals surface area (Å²) in [6.45, 7) is 11.6. The molecule has 0 aromatic heterocycles. The second kappa shape index (κ2) is 6.28. The molecule has 1 aliphatic rings. The SMILES string of the molecule is CC1CCCN(CC(C)(C)C(N)c2ccccc2)C1C. The highest BCUT2D eigenvalue weighted by Crippen LogP contribution is 2.34. The molecule has 0 aliphatic carbocycles. The van der Waals surface area contributed by atoms with Crippen molar-refractivity contribution in [3.8, 4) is 0 Å². The molecule has 1 aromatic rings. The summed E-state index contributed by atoms with van der Waals surface area (Å²) in [5.41, 5.74) is 7.88. The van der Waals surface area contributed by atoms with E-state index in [9.17, 15) is 0 Å². The van der Waals surface area contributed by atoms with E-state index >= 15 is 0 Å². The Morgan fingerprint density at radius 2 is 1.90 bits per heavy atom. The molecule has 0 spiro atoms. The van der Waals surface area contributed by atoms with Crippen LogP contribution in [0.2, 0.25) is 0 Å². The highest BCUT2D eigenvalue weighted by molar-refractivity contribution is 5.20. The van der Waals surface area contributed by atoms with E-state index in [4.69, 9.17) is 5.73 Å². The normalized spacial score (nSPS) is 26.4. The summed E-state index contributed by atoms with van der Waals surface area (Å²) in [6, 6.07) is 11.3. The van der Waals surface area contributed by atoms with E-state index < -0.39 is 0 Å². The van der Waals surface area contributed by atoms with Gasteiger partial charge in [-0.2, -0.15) is 0 Å². The Balaban J connectivity index is 2.06. The van der Waals surface area contributed by atoms with Crippen LogP contribution in [0.4, 0.5) is 0 Å². The summed E-state index contributed by atoms with van der Waals surface area (Å²) in [6.07, 6.45) is 2.69. The number of hydrogen-bond donors (Lipinski definition) is 1. The molecule has 1 fully saturated rings. The number of likely N-dealkylation sites (tertiary alicyclic amines) is 1. The van der Waals surface area contributed by atoms with Crippen LogP contribution in [0.25, 0.3) is 0 Å². The summed E-state index contributed by atoms with van der Waals surface area (Å²) in [5.74, 6) is 0.799. The van der Waals surface area contributed by atoms with Gasteiger partial charge in [0.05, 0.1) is 0 Å². The average molecular weight is 274 g/mol. The van der Waals surface area contributed by atoms with E-state index in [0.29, 0.717) is 6.04 Å². The molecule has 2 N–H and O–H groups in total. The molecule has 3 unspecified atom stereocenters. The molecule has 3 atom stereocenters. The number of benzene rings is 1. The van der Waals surface area contributed by atoms with Crippen molar-refractivity contribution in [2.75, 3.05) is 13.1 Å². The van der Waals surface area contributed by atoms with Crippen molar-refractivity contribution in [1.82, 2.24) is 4.90 Å². The number of piperidine rings is 1. The molecule has 20 heavy (non-hydrogen) atoms. The van der Waals surface area contributed by atoms with E-state index in [2.05, 4.69) is 62.9 Å². The van der Waals surface area contributed by atoms with Crippen LogP contribution in [0, 0.1) is 11.3 Å². The quantitative estimate of drug-likeness (QED) is 0.904. The third-order valence-electron chi connectivity index (χ3n) is 5.12. The molecule has 2 nitrogen and oxygen atoms in total. The number of nitrogens with two attached hydrogens (primary N) is 1. The first kappa shape index (κ1) is 15.5. The standard InChI is InChI=1S/C18H30N2/c1-14-9-8-12-20(15(14)2)13-18(3,4)17(19)16-10-6-5-7-11-16/h5-7,10-11,14-15,17H,8-9,12-13,19H2,1-4H3. The fourth-order valence-corrected chi connectivity index (χ4v) is 3.38. The Kier molecular flexibility index (Phi) is 4.87. The Labute approximate surface area is 124 Å². The molecule has 2 rings (SSSR count). The number of hydrogen-bond acceptors (Lipinski definition) is 2. The molecule has 1 aromatic carbocycles. The monoisotopic (exact) mass is 274 g/mol. The van der Waals surface area contributed by atoms with Gasteiger partial charge in [0.1, 0.15) is 0 Å². The lowest BCUT2D eigenvalue weighted by Crippen LogP contribution is -2.49. The summed E-state index contributed by atoms with van der Waals surface area (Å²) >= 11 is 0. The molecule has 0 radical (unpaired) electrons. The largest absolute Gasteiger partial charge is 0.323 e. The fraction of sp³-hybridized carbons (Fsp3) is 0.667. The van der Waals surface area contributed by atoms with E-state index in [1.807, 2.05) is 0 Å². The second-order valence-corrected chi connectivity index (χ2v) is 7.21. The minimum atomic E-state index is 0.0900. The van der Waals surface area contributed by atoms with Gasteiger partial charge in [-0.15, -0.1) is 0 Å². The lowest BCUT2D eigenvalue weighted by molar-refractivity contribution is 0.0621. The van der Waals surface area contributed by atoms with Crippen LogP contribution in [0.5, 0.6) is 0 Å². The number of nitrogens with zero attached hydrogens (tertiary/aromatic N) is 1. The van der Waals surface area contributed by atoms with E-state index in [0.717, 1.165) is 12.5 Å². The van der Waals surface area contributed by atoms with Gasteiger partial charge >= 0.3 is 0 Å². The van der Waals surface area contributed by atoms with Gasteiger partial charge in [0.25, 0.3) is 0 Å². The van der Waals surface area contributed by atoms with Gasteiger partial charge in [-0.1, -0.05) is 51.1 Å². The smallest absolute Gasteiger partial charge is 0.0359 e. The van der Waals surface area contributed by atoms with Crippen LogP contribution in [0.15, 0.2) is 30.3 Å². The highest BCUT2D eigenvalue weighted by Gasteiger charge is 2.33. The molecule has 0 bridgehead atoms. The van der Waals surface area contributed by atoms with Crippen molar-refractivity contribution in [1.29, 1.82) is 0 Å². The van der Waals surface area contributed by atoms with Gasteiger partial charge in [-0.05, 0) is 43.2 Å². The zero-order chi connectivity index (χ0) is 14.8. The predicted molar refractivity (Wildman–Crippen MR) is 86.6 cm³/mol. The number of rotatable bonds is 4. The van der Waals surface area contributed by atoms with Crippen LogP contribution in [0.1, 0.15) is 52.1 Å². The zero-order valence-corrected chi connectivity index (χ0v) is 13.5. The lowest BCUT2D eigenvalue weighted by atomic mass is 9.79. The summed E-state index contributed by atoms with van der Waals surface area (Å²) in [7, 11) is 0. The Hall–Kier alpha value is -0.860. The van der Waals surface area contributed by atoms with Crippen molar-refractivity contribution in [3.05, 3.63) is 35.9 Å². The van der Waals surface area contributed by atoms with Crippen molar-refractivity contribution in [2.24, 2.45) is 17.1 Å². The third kappa shape index (κ3) is 3.42. The molecule has 0 amide bonds. The Morgan fingerprint density at radius 3 is 2.55 bits per heavy atom. The second-order valence-electron chi connectivity index (χ2n) is 7.21. The van der Waals surface area contributed by atoms with Crippen molar-refractivity contribution in [3.63, 3.8) is 0 Å². The van der Waals surface area contributed by atoms with Gasteiger partial charge < -0.3 is 5.73 Å². The lowest BCUT2D eigenvalue weighted by Gasteiger charge is -2.44. The molecule has 1 saturated heterocycles. The van der Waals surface area contributed by atoms with Gasteiger partial charge in [-0.3, -0.25) is 4.90 Å².